The van der Waals surface area contributed by atoms with Crippen molar-refractivity contribution in [1.82, 2.24) is 10.2 Å². The van der Waals surface area contributed by atoms with Crippen molar-refractivity contribution in [2.24, 2.45) is 0 Å². The first-order valence-corrected chi connectivity index (χ1v) is 5.94. The lowest BCUT2D eigenvalue weighted by Crippen LogP contribution is -2.45. The van der Waals surface area contributed by atoms with E-state index in [9.17, 15) is 4.79 Å². The summed E-state index contributed by atoms with van der Waals surface area (Å²) in [6.45, 7) is 3.23. The lowest BCUT2D eigenvalue weighted by Gasteiger charge is -2.23. The van der Waals surface area contributed by atoms with E-state index >= 15 is 0 Å². The molecule has 2 amide bonds. The monoisotopic (exact) mass is 214 g/mol. The molecule has 1 aliphatic carbocycles. The molecule has 0 aromatic carbocycles. The van der Waals surface area contributed by atoms with E-state index in [1.165, 1.54) is 12.8 Å². The van der Waals surface area contributed by atoms with Gasteiger partial charge in [-0.15, -0.1) is 0 Å². The molecule has 0 atom stereocenters. The zero-order chi connectivity index (χ0) is 11.1. The minimum Gasteiger partial charge on any atom is -0.395 e. The lowest BCUT2D eigenvalue weighted by molar-refractivity contribution is 0.174. The standard InChI is InChI=1S/C11H22N2O2/c1-2-7-13(8-9-14)11(15)12-10-5-3-4-6-10/h10,14H,2-9H2,1H3,(H,12,15). The molecule has 0 aromatic rings. The second kappa shape index (κ2) is 6.67. The zero-order valence-electron chi connectivity index (χ0n) is 9.54. The van der Waals surface area contributed by atoms with Gasteiger partial charge < -0.3 is 15.3 Å². The topological polar surface area (TPSA) is 52.6 Å². The van der Waals surface area contributed by atoms with E-state index in [1.807, 2.05) is 6.92 Å². The Morgan fingerprint density at radius 3 is 2.60 bits per heavy atom. The Kier molecular flexibility index (Phi) is 5.47. The summed E-state index contributed by atoms with van der Waals surface area (Å²) < 4.78 is 0. The van der Waals surface area contributed by atoms with E-state index in [1.54, 1.807) is 4.90 Å². The summed E-state index contributed by atoms with van der Waals surface area (Å²) in [5.74, 6) is 0. The molecule has 0 saturated heterocycles. The second-order valence-electron chi connectivity index (χ2n) is 4.14. The predicted octanol–water partition coefficient (Wildman–Crippen LogP) is 1.34. The maximum absolute atomic E-state index is 11.8. The molecule has 2 N–H and O–H groups in total. The van der Waals surface area contributed by atoms with Gasteiger partial charge >= 0.3 is 6.03 Å². The van der Waals surface area contributed by atoms with E-state index in [0.29, 0.717) is 12.6 Å². The maximum Gasteiger partial charge on any atom is 0.317 e. The summed E-state index contributed by atoms with van der Waals surface area (Å²) in [7, 11) is 0. The molecule has 0 spiro atoms. The van der Waals surface area contributed by atoms with Crippen LogP contribution < -0.4 is 5.32 Å². The third kappa shape index (κ3) is 4.08. The molecule has 0 aliphatic heterocycles. The van der Waals surface area contributed by atoms with Crippen LogP contribution in [0, 0.1) is 0 Å². The van der Waals surface area contributed by atoms with Gasteiger partial charge in [0.05, 0.1) is 6.61 Å². The third-order valence-corrected chi connectivity index (χ3v) is 2.83. The van der Waals surface area contributed by atoms with Crippen LogP contribution in [0.4, 0.5) is 4.79 Å². The third-order valence-electron chi connectivity index (χ3n) is 2.83. The summed E-state index contributed by atoms with van der Waals surface area (Å²) >= 11 is 0. The number of carbonyl (C=O) groups excluding carboxylic acids is 1. The van der Waals surface area contributed by atoms with Crippen molar-refractivity contribution in [2.75, 3.05) is 19.7 Å². The minimum absolute atomic E-state index is 0.0159. The molecule has 1 aliphatic rings. The van der Waals surface area contributed by atoms with Crippen molar-refractivity contribution in [2.45, 2.75) is 45.1 Å². The Labute approximate surface area is 91.6 Å². The second-order valence-corrected chi connectivity index (χ2v) is 4.14. The number of nitrogens with one attached hydrogen (secondary N) is 1. The van der Waals surface area contributed by atoms with Gasteiger partial charge in [-0.3, -0.25) is 0 Å². The summed E-state index contributed by atoms with van der Waals surface area (Å²) in [5.41, 5.74) is 0. The quantitative estimate of drug-likeness (QED) is 0.725. The highest BCUT2D eigenvalue weighted by atomic mass is 16.3. The molecule has 0 unspecified atom stereocenters. The Morgan fingerprint density at radius 1 is 1.40 bits per heavy atom. The minimum atomic E-state index is -0.0159. The molecule has 1 rings (SSSR count). The number of nitrogens with zero attached hydrogens (tertiary/aromatic N) is 1. The highest BCUT2D eigenvalue weighted by Gasteiger charge is 2.19. The largest absolute Gasteiger partial charge is 0.395 e. The first-order chi connectivity index (χ1) is 7.27. The average Bonchev–Trinajstić information content (AvgIpc) is 2.70. The van der Waals surface area contributed by atoms with E-state index < -0.39 is 0 Å². The number of hydrogen-bond donors (Lipinski definition) is 2. The number of urea groups is 1. The van der Waals surface area contributed by atoms with Gasteiger partial charge in [-0.1, -0.05) is 19.8 Å². The van der Waals surface area contributed by atoms with E-state index in [2.05, 4.69) is 5.32 Å². The van der Waals surface area contributed by atoms with E-state index in [4.69, 9.17) is 5.11 Å². The SMILES string of the molecule is CCCN(CCO)C(=O)NC1CCCC1. The van der Waals surface area contributed by atoms with Gasteiger partial charge in [0.1, 0.15) is 0 Å². The van der Waals surface area contributed by atoms with Crippen LogP contribution in [0.5, 0.6) is 0 Å². The first-order valence-electron chi connectivity index (χ1n) is 5.94. The molecular formula is C11H22N2O2. The molecule has 4 nitrogen and oxygen atoms in total. The molecule has 0 radical (unpaired) electrons. The number of carbonyl (C=O) groups is 1. The summed E-state index contributed by atoms with van der Waals surface area (Å²) in [6.07, 6.45) is 5.57. The van der Waals surface area contributed by atoms with Crippen LogP contribution in [0.2, 0.25) is 0 Å². The van der Waals surface area contributed by atoms with Crippen molar-refractivity contribution in [3.8, 4) is 0 Å². The van der Waals surface area contributed by atoms with Crippen LogP contribution >= 0.6 is 0 Å². The van der Waals surface area contributed by atoms with Crippen LogP contribution in [0.3, 0.4) is 0 Å². The highest BCUT2D eigenvalue weighted by molar-refractivity contribution is 5.74. The molecule has 88 valence electrons. The van der Waals surface area contributed by atoms with Crippen LogP contribution in [0.1, 0.15) is 39.0 Å². The number of aliphatic hydroxyl groups excluding tert-OH is 1. The Morgan fingerprint density at radius 2 is 2.07 bits per heavy atom. The maximum atomic E-state index is 11.8. The predicted molar refractivity (Wildman–Crippen MR) is 59.7 cm³/mol. The van der Waals surface area contributed by atoms with Gasteiger partial charge in [0.25, 0.3) is 0 Å². The summed E-state index contributed by atoms with van der Waals surface area (Å²) in [6, 6.07) is 0.341. The number of aliphatic hydroxyl groups is 1. The molecule has 0 bridgehead atoms. The summed E-state index contributed by atoms with van der Waals surface area (Å²) in [4.78, 5) is 13.5. The smallest absolute Gasteiger partial charge is 0.317 e. The van der Waals surface area contributed by atoms with Gasteiger partial charge in [0.15, 0.2) is 0 Å². The van der Waals surface area contributed by atoms with Crippen LogP contribution in [-0.2, 0) is 0 Å². The Hall–Kier alpha value is -0.770. The summed E-state index contributed by atoms with van der Waals surface area (Å²) in [5, 5.41) is 11.9. The van der Waals surface area contributed by atoms with Crippen LogP contribution in [-0.4, -0.2) is 41.8 Å². The van der Waals surface area contributed by atoms with Gasteiger partial charge in [0.2, 0.25) is 0 Å². The molecular weight excluding hydrogens is 192 g/mol. The molecule has 4 heteroatoms. The molecule has 0 aromatic heterocycles. The zero-order valence-corrected chi connectivity index (χ0v) is 9.54. The van der Waals surface area contributed by atoms with Crippen molar-refractivity contribution < 1.29 is 9.90 Å². The van der Waals surface area contributed by atoms with E-state index in [0.717, 1.165) is 25.8 Å². The molecule has 1 fully saturated rings. The fourth-order valence-electron chi connectivity index (χ4n) is 2.04. The first kappa shape index (κ1) is 12.3. The number of amides is 2. The van der Waals surface area contributed by atoms with Crippen LogP contribution in [0.15, 0.2) is 0 Å². The Balaban J connectivity index is 2.33. The average molecular weight is 214 g/mol. The fourth-order valence-corrected chi connectivity index (χ4v) is 2.04. The molecule has 0 heterocycles. The van der Waals surface area contributed by atoms with Gasteiger partial charge in [0, 0.05) is 19.1 Å². The van der Waals surface area contributed by atoms with Gasteiger partial charge in [-0.2, -0.15) is 0 Å². The lowest BCUT2D eigenvalue weighted by atomic mass is 10.2. The normalized spacial score (nSPS) is 16.7. The fraction of sp³-hybridized carbons (Fsp3) is 0.909. The van der Waals surface area contributed by atoms with Crippen molar-refractivity contribution in [3.05, 3.63) is 0 Å². The highest BCUT2D eigenvalue weighted by Crippen LogP contribution is 2.17. The van der Waals surface area contributed by atoms with Crippen molar-refractivity contribution >= 4 is 6.03 Å². The Bertz CT molecular complexity index is 185. The van der Waals surface area contributed by atoms with E-state index in [-0.39, 0.29) is 12.6 Å². The van der Waals surface area contributed by atoms with Crippen molar-refractivity contribution in [1.29, 1.82) is 0 Å². The molecule has 1 saturated carbocycles. The van der Waals surface area contributed by atoms with Crippen LogP contribution in [0.25, 0.3) is 0 Å². The number of hydrogen-bond acceptors (Lipinski definition) is 2. The number of rotatable bonds is 5. The van der Waals surface area contributed by atoms with Gasteiger partial charge in [-0.25, -0.2) is 4.79 Å². The molecule has 15 heavy (non-hydrogen) atoms. The van der Waals surface area contributed by atoms with Gasteiger partial charge in [-0.05, 0) is 19.3 Å². The van der Waals surface area contributed by atoms with Crippen molar-refractivity contribution in [3.63, 3.8) is 0 Å².